The molecule has 166 valence electrons. The largest absolute Gasteiger partial charge is 0.456 e. The van der Waals surface area contributed by atoms with E-state index in [2.05, 4.69) is 10.7 Å². The van der Waals surface area contributed by atoms with E-state index in [1.54, 1.807) is 50.2 Å². The molecule has 3 rings (SSSR count). The van der Waals surface area contributed by atoms with Gasteiger partial charge >= 0.3 is 5.97 Å². The lowest BCUT2D eigenvalue weighted by molar-refractivity contribution is -0.141. The van der Waals surface area contributed by atoms with E-state index >= 15 is 0 Å². The second-order valence-corrected chi connectivity index (χ2v) is 8.39. The summed E-state index contributed by atoms with van der Waals surface area (Å²) in [6.07, 6.45) is 0. The van der Waals surface area contributed by atoms with Crippen LogP contribution >= 0.6 is 11.3 Å². The minimum atomic E-state index is -0.717. The first kappa shape index (κ1) is 23.0. The summed E-state index contributed by atoms with van der Waals surface area (Å²) >= 11 is 1.32. The maximum absolute atomic E-state index is 12.6. The molecule has 0 fully saturated rings. The number of hydrogen-bond donors (Lipinski definition) is 2. The van der Waals surface area contributed by atoms with E-state index < -0.39 is 18.4 Å². The van der Waals surface area contributed by atoms with Crippen molar-refractivity contribution in [3.63, 3.8) is 0 Å². The van der Waals surface area contributed by atoms with Crippen LogP contribution in [0.5, 0.6) is 0 Å². The van der Waals surface area contributed by atoms with E-state index in [-0.39, 0.29) is 18.4 Å². The van der Waals surface area contributed by atoms with Gasteiger partial charge in [0, 0.05) is 27.4 Å². The molecule has 3 aromatic rings. The number of hydrogen-bond acceptors (Lipinski definition) is 6. The molecule has 0 saturated heterocycles. The zero-order valence-corrected chi connectivity index (χ0v) is 18.7. The minimum Gasteiger partial charge on any atom is -0.456 e. The summed E-state index contributed by atoms with van der Waals surface area (Å²) in [4.78, 5) is 50.4. The number of benzene rings is 1. The molecule has 0 aliphatic heterocycles. The Hall–Kier alpha value is -3.72. The quantitative estimate of drug-likeness (QED) is 0.403. The number of rotatable bonds is 8. The number of carbonyl (C=O) groups is 4. The number of aryl methyl sites for hydroxylation is 2. The van der Waals surface area contributed by atoms with Gasteiger partial charge in [-0.1, -0.05) is 18.2 Å². The van der Waals surface area contributed by atoms with Gasteiger partial charge in [0.15, 0.2) is 6.61 Å². The summed E-state index contributed by atoms with van der Waals surface area (Å²) in [5.41, 5.74) is 4.75. The minimum absolute atomic E-state index is 0.311. The lowest BCUT2D eigenvalue weighted by Gasteiger charge is -2.11. The summed E-state index contributed by atoms with van der Waals surface area (Å²) in [7, 11) is 0. The first-order valence-corrected chi connectivity index (χ1v) is 10.7. The highest BCUT2D eigenvalue weighted by atomic mass is 32.1. The molecule has 2 aromatic heterocycles. The van der Waals surface area contributed by atoms with Crippen molar-refractivity contribution in [1.29, 1.82) is 0 Å². The van der Waals surface area contributed by atoms with Crippen molar-refractivity contribution in [2.75, 3.05) is 18.6 Å². The topological polar surface area (TPSA) is 106 Å². The van der Waals surface area contributed by atoms with Crippen LogP contribution in [0.3, 0.4) is 0 Å². The third-order valence-corrected chi connectivity index (χ3v) is 5.70. The van der Waals surface area contributed by atoms with Gasteiger partial charge in [0.25, 0.3) is 11.8 Å². The molecule has 9 heteroatoms. The van der Waals surface area contributed by atoms with E-state index in [4.69, 9.17) is 4.74 Å². The van der Waals surface area contributed by atoms with Crippen LogP contribution in [-0.4, -0.2) is 41.4 Å². The Labute approximate surface area is 189 Å². The van der Waals surface area contributed by atoms with Crippen molar-refractivity contribution < 1.29 is 23.9 Å². The summed E-state index contributed by atoms with van der Waals surface area (Å²) in [6, 6.07) is 13.8. The molecule has 0 atom stereocenters. The highest BCUT2D eigenvalue weighted by molar-refractivity contribution is 7.13. The van der Waals surface area contributed by atoms with Gasteiger partial charge < -0.3 is 10.1 Å². The molecule has 0 aliphatic carbocycles. The first-order valence-electron chi connectivity index (χ1n) is 9.85. The van der Waals surface area contributed by atoms with E-state index in [9.17, 15) is 19.2 Å². The molecule has 2 heterocycles. The Morgan fingerprint density at radius 3 is 2.34 bits per heavy atom. The van der Waals surface area contributed by atoms with Crippen molar-refractivity contribution >= 4 is 34.9 Å². The van der Waals surface area contributed by atoms with Gasteiger partial charge in [-0.25, -0.2) is 0 Å². The number of Topliss-reactive ketones (excluding diaryl/α,β-unsaturated/α-hetero) is 1. The maximum Gasteiger partial charge on any atom is 0.325 e. The molecule has 1 aromatic carbocycles. The number of thiophene rings is 1. The van der Waals surface area contributed by atoms with Crippen molar-refractivity contribution in [3.8, 4) is 0 Å². The molecule has 0 bridgehead atoms. The van der Waals surface area contributed by atoms with E-state index in [1.807, 2.05) is 19.1 Å². The number of nitrogens with one attached hydrogen (secondary N) is 2. The normalized spacial score (nSPS) is 10.5. The molecule has 0 unspecified atom stereocenters. The Kier molecular flexibility index (Phi) is 7.21. The fourth-order valence-electron chi connectivity index (χ4n) is 3.04. The molecule has 0 spiro atoms. The summed E-state index contributed by atoms with van der Waals surface area (Å²) < 4.78 is 6.53. The molecule has 2 N–H and O–H groups in total. The molecule has 2 amide bonds. The van der Waals surface area contributed by atoms with Crippen molar-refractivity contribution in [1.82, 2.24) is 9.99 Å². The Morgan fingerprint density at radius 2 is 1.69 bits per heavy atom. The fraction of sp³-hybridized carbons (Fsp3) is 0.217. The fourth-order valence-corrected chi connectivity index (χ4v) is 3.83. The molecule has 0 aliphatic rings. The molecule has 32 heavy (non-hydrogen) atoms. The monoisotopic (exact) mass is 453 g/mol. The number of carbonyl (C=O) groups excluding carboxylic acids is 4. The Balaban J connectivity index is 1.55. The predicted octanol–water partition coefficient (Wildman–Crippen LogP) is 3.01. The number of esters is 1. The lowest BCUT2D eigenvalue weighted by Crippen LogP contribution is -2.31. The van der Waals surface area contributed by atoms with E-state index in [0.717, 1.165) is 4.88 Å². The zero-order chi connectivity index (χ0) is 23.3. The van der Waals surface area contributed by atoms with Gasteiger partial charge in [-0.3, -0.25) is 29.3 Å². The van der Waals surface area contributed by atoms with Crippen LogP contribution in [0.4, 0.5) is 0 Å². The maximum atomic E-state index is 12.6. The van der Waals surface area contributed by atoms with Crippen LogP contribution in [0.2, 0.25) is 0 Å². The SMILES string of the molecule is Cc1ccc(C(=O)NCC(=O)OCC(=O)c2cc(C)n(NC(=O)c3ccccc3)c2C)s1. The highest BCUT2D eigenvalue weighted by Crippen LogP contribution is 2.16. The standard InChI is InChI=1S/C23H23N3O5S/c1-14-11-18(16(3)26(14)25-22(29)17-7-5-4-6-8-17)19(27)13-31-21(28)12-24-23(30)20-10-9-15(2)32-20/h4-11H,12-13H2,1-3H3,(H,24,30)(H,25,29). The second kappa shape index (κ2) is 10.1. The molecule has 0 saturated carbocycles. The van der Waals surface area contributed by atoms with Crippen LogP contribution in [0, 0.1) is 20.8 Å². The van der Waals surface area contributed by atoms with Crippen molar-refractivity contribution in [3.05, 3.63) is 80.8 Å². The van der Waals surface area contributed by atoms with Crippen LogP contribution < -0.4 is 10.7 Å². The number of nitrogens with zero attached hydrogens (tertiary/aromatic N) is 1. The third kappa shape index (κ3) is 5.50. The van der Waals surface area contributed by atoms with Gasteiger partial charge in [0.1, 0.15) is 6.54 Å². The smallest absolute Gasteiger partial charge is 0.325 e. The molecular weight excluding hydrogens is 430 g/mol. The van der Waals surface area contributed by atoms with E-state index in [1.165, 1.54) is 16.0 Å². The van der Waals surface area contributed by atoms with Crippen LogP contribution in [0.1, 0.15) is 46.7 Å². The molecule has 0 radical (unpaired) electrons. The Bertz CT molecular complexity index is 1160. The van der Waals surface area contributed by atoms with Gasteiger partial charge in [-0.15, -0.1) is 11.3 Å². The van der Waals surface area contributed by atoms with Gasteiger partial charge in [0.05, 0.1) is 4.88 Å². The van der Waals surface area contributed by atoms with Crippen LogP contribution in [-0.2, 0) is 9.53 Å². The number of ether oxygens (including phenoxy) is 1. The van der Waals surface area contributed by atoms with E-state index in [0.29, 0.717) is 27.4 Å². The van der Waals surface area contributed by atoms with Gasteiger partial charge in [-0.2, -0.15) is 0 Å². The zero-order valence-electron chi connectivity index (χ0n) is 17.9. The van der Waals surface area contributed by atoms with Gasteiger partial charge in [-0.05, 0) is 51.1 Å². The molecular formula is C23H23N3O5S. The van der Waals surface area contributed by atoms with Crippen LogP contribution in [0.25, 0.3) is 0 Å². The van der Waals surface area contributed by atoms with Crippen molar-refractivity contribution in [2.45, 2.75) is 20.8 Å². The highest BCUT2D eigenvalue weighted by Gasteiger charge is 2.19. The Morgan fingerprint density at radius 1 is 0.969 bits per heavy atom. The predicted molar refractivity (Wildman–Crippen MR) is 121 cm³/mol. The summed E-state index contributed by atoms with van der Waals surface area (Å²) in [6.45, 7) is 4.52. The summed E-state index contributed by atoms with van der Waals surface area (Å²) in [5, 5.41) is 2.47. The number of aromatic nitrogens is 1. The first-order chi connectivity index (χ1) is 15.3. The molecule has 8 nitrogen and oxygen atoms in total. The number of amides is 2. The van der Waals surface area contributed by atoms with Crippen molar-refractivity contribution in [2.24, 2.45) is 0 Å². The average molecular weight is 454 g/mol. The van der Waals surface area contributed by atoms with Crippen LogP contribution in [0.15, 0.2) is 48.5 Å². The summed E-state index contributed by atoms with van der Waals surface area (Å²) in [5.74, 6) is -1.81. The van der Waals surface area contributed by atoms with Gasteiger partial charge in [0.2, 0.25) is 5.78 Å². The number of ketones is 1. The average Bonchev–Trinajstić information content (AvgIpc) is 3.34. The second-order valence-electron chi connectivity index (χ2n) is 7.10. The lowest BCUT2D eigenvalue weighted by atomic mass is 10.1. The third-order valence-electron chi connectivity index (χ3n) is 4.70.